The molecule has 11 aromatic rings. The largest absolute Gasteiger partial charge is 0.309 e. The van der Waals surface area contributed by atoms with Crippen LogP contribution < -0.4 is 0 Å². The van der Waals surface area contributed by atoms with Gasteiger partial charge < -0.3 is 4.57 Å². The van der Waals surface area contributed by atoms with E-state index in [0.717, 1.165) is 50.6 Å². The Morgan fingerprint density at radius 2 is 0.920 bits per heavy atom. The molecule has 0 saturated carbocycles. The Kier molecular flexibility index (Phi) is 5.60. The summed E-state index contributed by atoms with van der Waals surface area (Å²) < 4.78 is 9.46. The van der Waals surface area contributed by atoms with E-state index in [-0.39, 0.29) is 0 Å². The molecule has 4 heterocycles. The molecular formula is C45H29N5. The Morgan fingerprint density at radius 3 is 1.70 bits per heavy atom. The fourth-order valence-electron chi connectivity index (χ4n) is 8.00. The lowest BCUT2D eigenvalue weighted by Gasteiger charge is -2.11. The molecule has 0 atom stereocenters. The smallest absolute Gasteiger partial charge is 0.221 e. The van der Waals surface area contributed by atoms with Gasteiger partial charge in [-0.15, -0.1) is 0 Å². The van der Waals surface area contributed by atoms with Crippen LogP contribution in [0.3, 0.4) is 0 Å². The predicted octanol–water partition coefficient (Wildman–Crippen LogP) is 11.1. The van der Waals surface area contributed by atoms with Crippen LogP contribution in [0.1, 0.15) is 0 Å². The maximum Gasteiger partial charge on any atom is 0.221 e. The summed E-state index contributed by atoms with van der Waals surface area (Å²) in [6.45, 7) is 0. The summed E-state index contributed by atoms with van der Waals surface area (Å²) in [7, 11) is 0. The van der Waals surface area contributed by atoms with E-state index < -0.39 is 0 Å². The van der Waals surface area contributed by atoms with Crippen LogP contribution in [-0.2, 0) is 0 Å². The van der Waals surface area contributed by atoms with Gasteiger partial charge in [0, 0.05) is 33.2 Å². The third-order valence-electron chi connectivity index (χ3n) is 10.2. The van der Waals surface area contributed by atoms with Crippen LogP contribution in [0.25, 0.3) is 88.9 Å². The maximum absolute atomic E-state index is 5.21. The molecule has 0 bridgehead atoms. The zero-order valence-corrected chi connectivity index (χ0v) is 27.0. The number of aromatic nitrogens is 5. The normalized spacial score (nSPS) is 12.0. The monoisotopic (exact) mass is 639 g/mol. The lowest BCUT2D eigenvalue weighted by Crippen LogP contribution is -1.98. The summed E-state index contributed by atoms with van der Waals surface area (Å²) in [4.78, 5) is 5.21. The number of rotatable bonds is 4. The molecule has 0 spiro atoms. The summed E-state index contributed by atoms with van der Waals surface area (Å²) in [5.41, 5.74) is 13.6. The quantitative estimate of drug-likeness (QED) is 0.189. The van der Waals surface area contributed by atoms with E-state index in [1.807, 2.05) is 0 Å². The van der Waals surface area contributed by atoms with Crippen LogP contribution in [0.15, 0.2) is 176 Å². The average molecular weight is 640 g/mol. The third kappa shape index (κ3) is 3.74. The van der Waals surface area contributed by atoms with Gasteiger partial charge in [0.05, 0.1) is 27.6 Å². The first kappa shape index (κ1) is 27.1. The van der Waals surface area contributed by atoms with Gasteiger partial charge in [-0.3, -0.25) is 13.5 Å². The van der Waals surface area contributed by atoms with Gasteiger partial charge in [-0.25, -0.2) is 4.98 Å². The molecule has 0 aliphatic rings. The van der Waals surface area contributed by atoms with Crippen molar-refractivity contribution in [2.24, 2.45) is 0 Å². The number of fused-ring (bicyclic) bond motifs is 10. The van der Waals surface area contributed by atoms with Crippen LogP contribution in [0.5, 0.6) is 0 Å². The summed E-state index contributed by atoms with van der Waals surface area (Å²) in [5.74, 6) is 0.901. The summed E-state index contributed by atoms with van der Waals surface area (Å²) >= 11 is 0. The molecule has 234 valence electrons. The molecule has 7 aromatic carbocycles. The molecule has 4 aromatic heterocycles. The Labute approximate surface area is 287 Å². The molecule has 0 aliphatic carbocycles. The van der Waals surface area contributed by atoms with Crippen LogP contribution >= 0.6 is 0 Å². The highest BCUT2D eigenvalue weighted by Crippen LogP contribution is 2.40. The molecule has 0 aliphatic heterocycles. The number of imidazole rings is 2. The van der Waals surface area contributed by atoms with Crippen molar-refractivity contribution in [2.75, 3.05) is 0 Å². The van der Waals surface area contributed by atoms with Gasteiger partial charge in [0.15, 0.2) is 5.65 Å². The fraction of sp³-hybridized carbons (Fsp3) is 0. The van der Waals surface area contributed by atoms with Crippen LogP contribution in [0.4, 0.5) is 0 Å². The second kappa shape index (κ2) is 10.3. The predicted molar refractivity (Wildman–Crippen MR) is 206 cm³/mol. The Morgan fingerprint density at radius 1 is 0.360 bits per heavy atom. The molecule has 0 saturated heterocycles. The SMILES string of the molecule is c1ccc(-c2ccc(-n3c4ccccc4c4cc(-n5c6ccccc6c6c5n5c7ccccc7nc5n6-c5ccccc5)ccc43)cc2)cc1. The highest BCUT2D eigenvalue weighted by atomic mass is 15.3. The molecule has 11 rings (SSSR count). The number of nitrogens with zero attached hydrogens (tertiary/aromatic N) is 5. The van der Waals surface area contributed by atoms with Crippen LogP contribution in [0, 0.1) is 0 Å². The molecule has 0 amide bonds. The van der Waals surface area contributed by atoms with E-state index in [9.17, 15) is 0 Å². The van der Waals surface area contributed by atoms with Gasteiger partial charge >= 0.3 is 0 Å². The lowest BCUT2D eigenvalue weighted by atomic mass is 10.1. The molecule has 5 heteroatoms. The number of hydrogen-bond donors (Lipinski definition) is 0. The Hall–Kier alpha value is -6.85. The third-order valence-corrected chi connectivity index (χ3v) is 10.2. The summed E-state index contributed by atoms with van der Waals surface area (Å²) in [6, 6.07) is 62.9. The fourth-order valence-corrected chi connectivity index (χ4v) is 8.00. The van der Waals surface area contributed by atoms with Crippen molar-refractivity contribution in [1.29, 1.82) is 0 Å². The first-order valence-electron chi connectivity index (χ1n) is 17.0. The second-order valence-corrected chi connectivity index (χ2v) is 12.9. The Balaban J connectivity index is 1.21. The van der Waals surface area contributed by atoms with Crippen molar-refractivity contribution >= 4 is 60.7 Å². The van der Waals surface area contributed by atoms with Crippen molar-refractivity contribution < 1.29 is 0 Å². The molecule has 0 radical (unpaired) electrons. The van der Waals surface area contributed by atoms with Crippen molar-refractivity contribution in [1.82, 2.24) is 23.1 Å². The molecule has 0 unspecified atom stereocenters. The topological polar surface area (TPSA) is 32.1 Å². The minimum atomic E-state index is 0.901. The standard InChI is InChI=1S/C45H29N5/c1-3-13-30(14-4-1)31-23-25-33(26-24-31)47-39-20-10-7-17-35(39)37-29-34(27-28-41(37)47)48-40-21-11-8-18-36(40)43-44(48)50-42-22-12-9-19-38(42)46-45(50)49(43)32-15-5-2-6-16-32/h1-29H. The zero-order chi connectivity index (χ0) is 32.8. The van der Waals surface area contributed by atoms with Gasteiger partial charge in [0.1, 0.15) is 5.52 Å². The van der Waals surface area contributed by atoms with E-state index in [2.05, 4.69) is 194 Å². The summed E-state index contributed by atoms with van der Waals surface area (Å²) in [5, 5.41) is 3.62. The highest BCUT2D eigenvalue weighted by molar-refractivity contribution is 6.12. The van der Waals surface area contributed by atoms with Crippen molar-refractivity contribution in [3.8, 4) is 28.2 Å². The molecule has 5 nitrogen and oxygen atoms in total. The van der Waals surface area contributed by atoms with E-state index in [0.29, 0.717) is 0 Å². The molecule has 0 fully saturated rings. The van der Waals surface area contributed by atoms with E-state index >= 15 is 0 Å². The van der Waals surface area contributed by atoms with E-state index in [1.54, 1.807) is 0 Å². The minimum Gasteiger partial charge on any atom is -0.309 e. The number of hydrogen-bond acceptors (Lipinski definition) is 1. The average Bonchev–Trinajstić information content (AvgIpc) is 3.91. The Bertz CT molecular complexity index is 3070. The molecular weight excluding hydrogens is 611 g/mol. The lowest BCUT2D eigenvalue weighted by molar-refractivity contribution is 1.09. The van der Waals surface area contributed by atoms with E-state index in [4.69, 9.17) is 4.98 Å². The first-order valence-corrected chi connectivity index (χ1v) is 17.0. The first-order chi connectivity index (χ1) is 24.8. The number of benzene rings is 7. The molecule has 0 N–H and O–H groups in total. The van der Waals surface area contributed by atoms with Gasteiger partial charge in [-0.2, -0.15) is 0 Å². The highest BCUT2D eigenvalue weighted by Gasteiger charge is 2.25. The van der Waals surface area contributed by atoms with E-state index in [1.165, 1.54) is 38.3 Å². The van der Waals surface area contributed by atoms with Crippen molar-refractivity contribution in [3.05, 3.63) is 176 Å². The van der Waals surface area contributed by atoms with Crippen molar-refractivity contribution in [2.45, 2.75) is 0 Å². The van der Waals surface area contributed by atoms with Gasteiger partial charge in [0.2, 0.25) is 5.78 Å². The van der Waals surface area contributed by atoms with Crippen LogP contribution in [-0.4, -0.2) is 23.1 Å². The van der Waals surface area contributed by atoms with Crippen molar-refractivity contribution in [3.63, 3.8) is 0 Å². The van der Waals surface area contributed by atoms with Gasteiger partial charge in [-0.05, 0) is 77.9 Å². The molecule has 50 heavy (non-hydrogen) atoms. The van der Waals surface area contributed by atoms with Gasteiger partial charge in [0.25, 0.3) is 0 Å². The number of para-hydroxylation sites is 5. The van der Waals surface area contributed by atoms with Gasteiger partial charge in [-0.1, -0.05) is 109 Å². The summed E-state index contributed by atoms with van der Waals surface area (Å²) in [6.07, 6.45) is 0. The van der Waals surface area contributed by atoms with Crippen LogP contribution in [0.2, 0.25) is 0 Å². The minimum absolute atomic E-state index is 0.901. The zero-order valence-electron chi connectivity index (χ0n) is 27.0. The second-order valence-electron chi connectivity index (χ2n) is 12.9. The maximum atomic E-state index is 5.21.